The predicted octanol–water partition coefficient (Wildman–Crippen LogP) is 3.59. The van der Waals surface area contributed by atoms with Gasteiger partial charge in [-0.1, -0.05) is 49.6 Å². The summed E-state index contributed by atoms with van der Waals surface area (Å²) in [5, 5.41) is 12.6. The summed E-state index contributed by atoms with van der Waals surface area (Å²) < 4.78 is 0. The van der Waals surface area contributed by atoms with Gasteiger partial charge in [0.25, 0.3) is 0 Å². The van der Waals surface area contributed by atoms with Crippen LogP contribution in [0.1, 0.15) is 42.6 Å². The summed E-state index contributed by atoms with van der Waals surface area (Å²) in [5.74, 6) is 0.00300. The van der Waals surface area contributed by atoms with E-state index >= 15 is 0 Å². The molecule has 1 aliphatic rings. The molecule has 1 saturated carbocycles. The number of benzene rings is 1. The van der Waals surface area contributed by atoms with Gasteiger partial charge in [0.2, 0.25) is 0 Å². The zero-order valence-corrected chi connectivity index (χ0v) is 12.3. The first-order valence-corrected chi connectivity index (χ1v) is 7.67. The second-order valence-electron chi connectivity index (χ2n) is 5.61. The van der Waals surface area contributed by atoms with E-state index < -0.39 is 5.97 Å². The van der Waals surface area contributed by atoms with Crippen molar-refractivity contribution in [3.8, 4) is 11.4 Å². The van der Waals surface area contributed by atoms with Crippen LogP contribution in [0.15, 0.2) is 36.4 Å². The highest BCUT2D eigenvalue weighted by atomic mass is 16.4. The van der Waals surface area contributed by atoms with Crippen LogP contribution >= 0.6 is 0 Å². The Kier molecular flexibility index (Phi) is 4.32. The number of nitrogens with one attached hydrogen (secondary N) is 1. The van der Waals surface area contributed by atoms with Gasteiger partial charge >= 0.3 is 5.97 Å². The molecule has 0 amide bonds. The predicted molar refractivity (Wildman–Crippen MR) is 84.9 cm³/mol. The van der Waals surface area contributed by atoms with E-state index in [0.717, 1.165) is 18.4 Å². The molecule has 2 aromatic rings. The molecule has 1 aromatic carbocycles. The molecule has 5 heteroatoms. The largest absolute Gasteiger partial charge is 0.477 e. The zero-order valence-electron chi connectivity index (χ0n) is 12.3. The fraction of sp³-hybridized carbons (Fsp3) is 0.353. The molecule has 5 nitrogen and oxygen atoms in total. The third-order valence-electron chi connectivity index (χ3n) is 3.93. The molecule has 1 aliphatic carbocycles. The number of carbonyl (C=O) groups is 1. The van der Waals surface area contributed by atoms with Crippen LogP contribution in [0, 0.1) is 0 Å². The Morgan fingerprint density at radius 3 is 2.50 bits per heavy atom. The van der Waals surface area contributed by atoms with Crippen LogP contribution in [-0.2, 0) is 0 Å². The Hall–Kier alpha value is -2.43. The van der Waals surface area contributed by atoms with Crippen LogP contribution in [0.2, 0.25) is 0 Å². The lowest BCUT2D eigenvalue weighted by Crippen LogP contribution is -2.23. The van der Waals surface area contributed by atoms with Crippen molar-refractivity contribution in [2.24, 2.45) is 0 Å². The second-order valence-corrected chi connectivity index (χ2v) is 5.61. The van der Waals surface area contributed by atoms with Crippen molar-refractivity contribution in [2.75, 3.05) is 5.32 Å². The van der Waals surface area contributed by atoms with E-state index in [0.29, 0.717) is 17.7 Å². The smallest absolute Gasteiger partial charge is 0.354 e. The van der Waals surface area contributed by atoms with E-state index in [1.165, 1.54) is 25.3 Å². The molecule has 0 radical (unpaired) electrons. The molecule has 0 bridgehead atoms. The maximum Gasteiger partial charge on any atom is 0.354 e. The van der Waals surface area contributed by atoms with Crippen LogP contribution in [0.5, 0.6) is 0 Å². The number of hydrogen-bond acceptors (Lipinski definition) is 4. The molecule has 0 unspecified atom stereocenters. The van der Waals surface area contributed by atoms with Gasteiger partial charge in [-0.3, -0.25) is 0 Å². The topological polar surface area (TPSA) is 75.1 Å². The van der Waals surface area contributed by atoms with Gasteiger partial charge in [-0.05, 0) is 12.8 Å². The molecule has 1 heterocycles. The van der Waals surface area contributed by atoms with Gasteiger partial charge in [0.1, 0.15) is 5.82 Å². The fourth-order valence-electron chi connectivity index (χ4n) is 2.80. The molecule has 0 atom stereocenters. The van der Waals surface area contributed by atoms with Crippen molar-refractivity contribution in [3.05, 3.63) is 42.1 Å². The van der Waals surface area contributed by atoms with E-state index in [2.05, 4.69) is 15.3 Å². The standard InChI is InChI=1S/C17H19N3O2/c21-17(22)14-11-15(18-13-9-5-2-6-10-13)20-16(19-14)12-7-3-1-4-8-12/h1,3-4,7-8,11,13H,2,5-6,9-10H2,(H,21,22)(H,18,19,20). The van der Waals surface area contributed by atoms with Crippen molar-refractivity contribution in [1.82, 2.24) is 9.97 Å². The van der Waals surface area contributed by atoms with Crippen LogP contribution < -0.4 is 5.32 Å². The van der Waals surface area contributed by atoms with Crippen molar-refractivity contribution < 1.29 is 9.90 Å². The first-order valence-electron chi connectivity index (χ1n) is 7.67. The van der Waals surface area contributed by atoms with E-state index in [-0.39, 0.29) is 5.69 Å². The third-order valence-corrected chi connectivity index (χ3v) is 3.93. The maximum absolute atomic E-state index is 11.3. The summed E-state index contributed by atoms with van der Waals surface area (Å²) >= 11 is 0. The SMILES string of the molecule is O=C(O)c1cc(NC2CCCCC2)nc(-c2ccccc2)n1. The first kappa shape index (κ1) is 14.5. The Labute approximate surface area is 129 Å². The Balaban J connectivity index is 1.91. The average Bonchev–Trinajstić information content (AvgIpc) is 2.56. The third kappa shape index (κ3) is 3.42. The van der Waals surface area contributed by atoms with E-state index in [9.17, 15) is 9.90 Å². The average molecular weight is 297 g/mol. The lowest BCUT2D eigenvalue weighted by molar-refractivity contribution is 0.0690. The molecular formula is C17H19N3O2. The lowest BCUT2D eigenvalue weighted by atomic mass is 9.95. The monoisotopic (exact) mass is 297 g/mol. The molecule has 114 valence electrons. The number of rotatable bonds is 4. The second kappa shape index (κ2) is 6.56. The minimum atomic E-state index is -1.04. The van der Waals surface area contributed by atoms with Gasteiger partial charge in [-0.25, -0.2) is 14.8 Å². The van der Waals surface area contributed by atoms with Gasteiger partial charge in [0, 0.05) is 17.7 Å². The Bertz CT molecular complexity index is 652. The normalized spacial score (nSPS) is 15.5. The summed E-state index contributed by atoms with van der Waals surface area (Å²) in [6.45, 7) is 0. The van der Waals surface area contributed by atoms with E-state index in [1.54, 1.807) is 0 Å². The van der Waals surface area contributed by atoms with Crippen LogP contribution in [0.25, 0.3) is 11.4 Å². The van der Waals surface area contributed by atoms with Gasteiger partial charge in [0.05, 0.1) is 0 Å². The summed E-state index contributed by atoms with van der Waals surface area (Å²) in [6, 6.07) is 11.3. The highest BCUT2D eigenvalue weighted by Crippen LogP contribution is 2.23. The maximum atomic E-state index is 11.3. The molecule has 2 N–H and O–H groups in total. The zero-order chi connectivity index (χ0) is 15.4. The highest BCUT2D eigenvalue weighted by molar-refractivity contribution is 5.87. The molecule has 1 aromatic heterocycles. The minimum Gasteiger partial charge on any atom is -0.477 e. The molecule has 0 saturated heterocycles. The van der Waals surface area contributed by atoms with Gasteiger partial charge in [-0.15, -0.1) is 0 Å². The van der Waals surface area contributed by atoms with Gasteiger partial charge < -0.3 is 10.4 Å². The molecule has 3 rings (SSSR count). The fourth-order valence-corrected chi connectivity index (χ4v) is 2.80. The van der Waals surface area contributed by atoms with E-state index in [1.807, 2.05) is 30.3 Å². The van der Waals surface area contributed by atoms with Crippen molar-refractivity contribution in [2.45, 2.75) is 38.1 Å². The summed E-state index contributed by atoms with van der Waals surface area (Å²) in [5.41, 5.74) is 0.837. The lowest BCUT2D eigenvalue weighted by Gasteiger charge is -2.23. The summed E-state index contributed by atoms with van der Waals surface area (Å²) in [7, 11) is 0. The number of hydrogen-bond donors (Lipinski definition) is 2. The number of aromatic nitrogens is 2. The van der Waals surface area contributed by atoms with Crippen LogP contribution in [-0.4, -0.2) is 27.1 Å². The molecular weight excluding hydrogens is 278 g/mol. The van der Waals surface area contributed by atoms with Crippen molar-refractivity contribution in [1.29, 1.82) is 0 Å². The van der Waals surface area contributed by atoms with Crippen molar-refractivity contribution >= 4 is 11.8 Å². The van der Waals surface area contributed by atoms with Crippen molar-refractivity contribution in [3.63, 3.8) is 0 Å². The minimum absolute atomic E-state index is 0.0205. The van der Waals surface area contributed by atoms with Gasteiger partial charge in [0.15, 0.2) is 11.5 Å². The van der Waals surface area contributed by atoms with Gasteiger partial charge in [-0.2, -0.15) is 0 Å². The Morgan fingerprint density at radius 2 is 1.82 bits per heavy atom. The number of nitrogens with zero attached hydrogens (tertiary/aromatic N) is 2. The summed E-state index contributed by atoms with van der Waals surface area (Å²) in [6.07, 6.45) is 5.90. The molecule has 1 fully saturated rings. The number of carboxylic acids is 1. The Morgan fingerprint density at radius 1 is 1.09 bits per heavy atom. The van der Waals surface area contributed by atoms with E-state index in [4.69, 9.17) is 0 Å². The number of anilines is 1. The molecule has 0 aliphatic heterocycles. The van der Waals surface area contributed by atoms with Crippen LogP contribution in [0.4, 0.5) is 5.82 Å². The molecule has 0 spiro atoms. The number of carboxylic acid groups (broad SMARTS) is 1. The number of aromatic carboxylic acids is 1. The van der Waals surface area contributed by atoms with Crippen LogP contribution in [0.3, 0.4) is 0 Å². The molecule has 22 heavy (non-hydrogen) atoms. The quantitative estimate of drug-likeness (QED) is 0.902. The summed E-state index contributed by atoms with van der Waals surface area (Å²) in [4.78, 5) is 20.0. The first-order chi connectivity index (χ1) is 10.7. The highest BCUT2D eigenvalue weighted by Gasteiger charge is 2.16.